The largest absolute Gasteiger partial charge is 0.497 e. The molecule has 2 amide bonds. The molecule has 0 atom stereocenters. The summed E-state index contributed by atoms with van der Waals surface area (Å²) in [5.74, 6) is -0.826. The van der Waals surface area contributed by atoms with Gasteiger partial charge in [-0.05, 0) is 55.7 Å². The molecule has 0 unspecified atom stereocenters. The van der Waals surface area contributed by atoms with Gasteiger partial charge in [-0.3, -0.25) is 9.59 Å². The van der Waals surface area contributed by atoms with E-state index in [0.29, 0.717) is 17.1 Å². The Morgan fingerprint density at radius 3 is 2.19 bits per heavy atom. The maximum atomic E-state index is 12.1. The molecule has 136 valence electrons. The van der Waals surface area contributed by atoms with Crippen LogP contribution in [0.3, 0.4) is 0 Å². The van der Waals surface area contributed by atoms with Gasteiger partial charge >= 0.3 is 11.8 Å². The molecule has 1 heterocycles. The highest BCUT2D eigenvalue weighted by atomic mass is 16.5. The van der Waals surface area contributed by atoms with Gasteiger partial charge in [-0.1, -0.05) is 6.07 Å². The lowest BCUT2D eigenvalue weighted by Crippen LogP contribution is -2.30. The van der Waals surface area contributed by atoms with Gasteiger partial charge in [-0.25, -0.2) is 0 Å². The van der Waals surface area contributed by atoms with Crippen molar-refractivity contribution in [2.75, 3.05) is 35.7 Å². The minimum absolute atomic E-state index is 0.505. The van der Waals surface area contributed by atoms with E-state index in [1.165, 1.54) is 19.3 Å². The third kappa shape index (κ3) is 4.53. The van der Waals surface area contributed by atoms with Gasteiger partial charge in [0.2, 0.25) is 0 Å². The molecule has 6 heteroatoms. The van der Waals surface area contributed by atoms with Crippen LogP contribution in [0, 0.1) is 0 Å². The molecule has 0 aliphatic carbocycles. The van der Waals surface area contributed by atoms with Gasteiger partial charge in [-0.15, -0.1) is 0 Å². The highest BCUT2D eigenvalue weighted by Crippen LogP contribution is 2.22. The Balaban J connectivity index is 1.57. The van der Waals surface area contributed by atoms with Gasteiger partial charge in [0, 0.05) is 36.2 Å². The van der Waals surface area contributed by atoms with E-state index in [4.69, 9.17) is 4.74 Å². The molecule has 0 spiro atoms. The summed E-state index contributed by atoms with van der Waals surface area (Å²) in [6.07, 6.45) is 3.71. The molecule has 1 aliphatic heterocycles. The zero-order valence-corrected chi connectivity index (χ0v) is 14.8. The van der Waals surface area contributed by atoms with Crippen molar-refractivity contribution in [1.82, 2.24) is 0 Å². The van der Waals surface area contributed by atoms with E-state index >= 15 is 0 Å². The van der Waals surface area contributed by atoms with Crippen LogP contribution >= 0.6 is 0 Å². The Labute approximate surface area is 153 Å². The van der Waals surface area contributed by atoms with Crippen LogP contribution in [-0.2, 0) is 9.59 Å². The first-order valence-corrected chi connectivity index (χ1v) is 8.77. The van der Waals surface area contributed by atoms with E-state index < -0.39 is 11.8 Å². The quantitative estimate of drug-likeness (QED) is 0.828. The number of nitrogens with one attached hydrogen (secondary N) is 2. The average Bonchev–Trinajstić information content (AvgIpc) is 2.69. The number of ether oxygens (including phenoxy) is 1. The van der Waals surface area contributed by atoms with Crippen LogP contribution in [0.15, 0.2) is 48.5 Å². The lowest BCUT2D eigenvalue weighted by atomic mass is 10.1. The van der Waals surface area contributed by atoms with Crippen molar-refractivity contribution in [3.63, 3.8) is 0 Å². The molecule has 2 N–H and O–H groups in total. The second-order valence-electron chi connectivity index (χ2n) is 6.23. The van der Waals surface area contributed by atoms with E-state index in [2.05, 4.69) is 15.5 Å². The summed E-state index contributed by atoms with van der Waals surface area (Å²) < 4.78 is 5.10. The van der Waals surface area contributed by atoms with Crippen molar-refractivity contribution in [3.8, 4) is 5.75 Å². The minimum atomic E-state index is -0.724. The van der Waals surface area contributed by atoms with Gasteiger partial charge < -0.3 is 20.3 Å². The first kappa shape index (κ1) is 17.8. The number of hydrogen-bond donors (Lipinski definition) is 2. The number of carbonyl (C=O) groups is 2. The molecule has 2 aromatic carbocycles. The van der Waals surface area contributed by atoms with Crippen LogP contribution in [0.25, 0.3) is 0 Å². The van der Waals surface area contributed by atoms with Crippen LogP contribution < -0.4 is 20.3 Å². The molecule has 2 aromatic rings. The van der Waals surface area contributed by atoms with Crippen LogP contribution in [0.2, 0.25) is 0 Å². The van der Waals surface area contributed by atoms with Gasteiger partial charge in [0.05, 0.1) is 7.11 Å². The molecule has 26 heavy (non-hydrogen) atoms. The lowest BCUT2D eigenvalue weighted by Gasteiger charge is -2.28. The molecule has 3 rings (SSSR count). The summed E-state index contributed by atoms with van der Waals surface area (Å²) >= 11 is 0. The van der Waals surface area contributed by atoms with Gasteiger partial charge in [-0.2, -0.15) is 0 Å². The molecule has 0 radical (unpaired) electrons. The molecule has 1 saturated heterocycles. The van der Waals surface area contributed by atoms with Gasteiger partial charge in [0.15, 0.2) is 0 Å². The maximum Gasteiger partial charge on any atom is 0.314 e. The van der Waals surface area contributed by atoms with E-state index in [1.54, 1.807) is 31.4 Å². The average molecular weight is 353 g/mol. The first-order valence-electron chi connectivity index (χ1n) is 8.77. The van der Waals surface area contributed by atoms with Crippen LogP contribution in [0.1, 0.15) is 19.3 Å². The van der Waals surface area contributed by atoms with Crippen molar-refractivity contribution >= 4 is 28.9 Å². The number of piperidine rings is 1. The van der Waals surface area contributed by atoms with Crippen LogP contribution in [0.5, 0.6) is 5.75 Å². The monoisotopic (exact) mass is 353 g/mol. The Morgan fingerprint density at radius 1 is 0.885 bits per heavy atom. The van der Waals surface area contributed by atoms with E-state index in [9.17, 15) is 9.59 Å². The molecule has 1 aliphatic rings. The topological polar surface area (TPSA) is 70.7 Å². The highest BCUT2D eigenvalue weighted by Gasteiger charge is 2.15. The molecule has 0 saturated carbocycles. The standard InChI is InChI=1S/C20H23N3O3/c1-26-18-7-5-6-16(14-18)22-20(25)19(24)21-15-8-10-17(11-9-15)23-12-3-2-4-13-23/h5-11,14H,2-4,12-13H2,1H3,(H,21,24)(H,22,25). The summed E-state index contributed by atoms with van der Waals surface area (Å²) in [5.41, 5.74) is 2.24. The fourth-order valence-electron chi connectivity index (χ4n) is 2.98. The Morgan fingerprint density at radius 2 is 1.54 bits per heavy atom. The fourth-order valence-corrected chi connectivity index (χ4v) is 2.98. The van der Waals surface area contributed by atoms with E-state index in [1.807, 2.05) is 24.3 Å². The number of hydrogen-bond acceptors (Lipinski definition) is 4. The van der Waals surface area contributed by atoms with Crippen molar-refractivity contribution in [2.24, 2.45) is 0 Å². The van der Waals surface area contributed by atoms with E-state index in [0.717, 1.165) is 18.8 Å². The number of rotatable bonds is 4. The number of benzene rings is 2. The second kappa shape index (κ2) is 8.38. The van der Waals surface area contributed by atoms with Crippen molar-refractivity contribution in [1.29, 1.82) is 0 Å². The van der Waals surface area contributed by atoms with Crippen LogP contribution in [0.4, 0.5) is 17.1 Å². The first-order chi connectivity index (χ1) is 12.7. The molecule has 0 bridgehead atoms. The predicted molar refractivity (Wildman–Crippen MR) is 103 cm³/mol. The number of amides is 2. The molecule has 0 aromatic heterocycles. The molecule has 1 fully saturated rings. The number of nitrogens with zero attached hydrogens (tertiary/aromatic N) is 1. The zero-order valence-electron chi connectivity index (χ0n) is 14.8. The van der Waals surface area contributed by atoms with Crippen molar-refractivity contribution in [2.45, 2.75) is 19.3 Å². The Hall–Kier alpha value is -3.02. The fraction of sp³-hybridized carbons (Fsp3) is 0.300. The molecular formula is C20H23N3O3. The van der Waals surface area contributed by atoms with Crippen molar-refractivity contribution < 1.29 is 14.3 Å². The summed E-state index contributed by atoms with van der Waals surface area (Å²) in [7, 11) is 1.54. The lowest BCUT2D eigenvalue weighted by molar-refractivity contribution is -0.132. The Kier molecular flexibility index (Phi) is 5.73. The zero-order chi connectivity index (χ0) is 18.4. The number of anilines is 3. The minimum Gasteiger partial charge on any atom is -0.497 e. The number of methoxy groups -OCH3 is 1. The van der Waals surface area contributed by atoms with Gasteiger partial charge in [0.1, 0.15) is 5.75 Å². The highest BCUT2D eigenvalue weighted by molar-refractivity contribution is 6.43. The molecular weight excluding hydrogens is 330 g/mol. The summed E-state index contributed by atoms with van der Waals surface area (Å²) in [5, 5.41) is 5.18. The number of carbonyl (C=O) groups excluding carboxylic acids is 2. The van der Waals surface area contributed by atoms with Crippen molar-refractivity contribution in [3.05, 3.63) is 48.5 Å². The second-order valence-corrected chi connectivity index (χ2v) is 6.23. The van der Waals surface area contributed by atoms with Crippen LogP contribution in [-0.4, -0.2) is 32.0 Å². The summed E-state index contributed by atoms with van der Waals surface area (Å²) in [6, 6.07) is 14.4. The van der Waals surface area contributed by atoms with Gasteiger partial charge in [0.25, 0.3) is 0 Å². The maximum absolute atomic E-state index is 12.1. The third-order valence-electron chi connectivity index (χ3n) is 4.38. The normalized spacial score (nSPS) is 13.8. The summed E-state index contributed by atoms with van der Waals surface area (Å²) in [4.78, 5) is 26.5. The molecule has 6 nitrogen and oxygen atoms in total. The summed E-state index contributed by atoms with van der Waals surface area (Å²) in [6.45, 7) is 2.13. The van der Waals surface area contributed by atoms with E-state index in [-0.39, 0.29) is 0 Å². The third-order valence-corrected chi connectivity index (χ3v) is 4.38. The smallest absolute Gasteiger partial charge is 0.314 e. The SMILES string of the molecule is COc1cccc(NC(=O)C(=O)Nc2ccc(N3CCCCC3)cc2)c1. The Bertz CT molecular complexity index is 768. The predicted octanol–water partition coefficient (Wildman–Crippen LogP) is 3.26.